The summed E-state index contributed by atoms with van der Waals surface area (Å²) in [6, 6.07) is 5.66. The Balaban J connectivity index is 2.90. The second-order valence-corrected chi connectivity index (χ2v) is 6.21. The van der Waals surface area contributed by atoms with Gasteiger partial charge in [0.15, 0.2) is 0 Å². The van der Waals surface area contributed by atoms with E-state index in [-0.39, 0.29) is 21.4 Å². The molecule has 134 valence electrons. The maximum absolute atomic E-state index is 12.9. The number of hydrogen-bond donors (Lipinski definition) is 0. The van der Waals surface area contributed by atoms with E-state index >= 15 is 0 Å². The molecule has 0 aliphatic rings. The molecule has 2 nitrogen and oxygen atoms in total. The van der Waals surface area contributed by atoms with E-state index in [2.05, 4.69) is 0 Å². The quantitative estimate of drug-likeness (QED) is 0.402. The molecular formula is C16H10F6O2S. The van der Waals surface area contributed by atoms with Gasteiger partial charge in [-0.25, -0.2) is 0 Å². The Morgan fingerprint density at radius 2 is 1.36 bits per heavy atom. The van der Waals surface area contributed by atoms with Gasteiger partial charge in [0.05, 0.1) is 0 Å². The van der Waals surface area contributed by atoms with Gasteiger partial charge in [-0.1, -0.05) is 31.2 Å². The van der Waals surface area contributed by atoms with E-state index in [0.29, 0.717) is 6.07 Å². The topological polar surface area (TPSA) is 34.1 Å². The first-order valence-electron chi connectivity index (χ1n) is 6.90. The van der Waals surface area contributed by atoms with Crippen molar-refractivity contribution in [3.63, 3.8) is 0 Å². The summed E-state index contributed by atoms with van der Waals surface area (Å²) in [6.45, 7) is 1.62. The van der Waals surface area contributed by atoms with Gasteiger partial charge in [-0.3, -0.25) is 9.59 Å². The van der Waals surface area contributed by atoms with Crippen molar-refractivity contribution in [3.8, 4) is 0 Å². The fourth-order valence-corrected chi connectivity index (χ4v) is 3.24. The fraction of sp³-hybridized carbons (Fsp3) is 0.250. The van der Waals surface area contributed by atoms with Crippen LogP contribution in [0.25, 0.3) is 10.8 Å². The molecule has 0 amide bonds. The molecule has 0 unspecified atom stereocenters. The van der Waals surface area contributed by atoms with Gasteiger partial charge >= 0.3 is 12.4 Å². The normalized spacial score (nSPS) is 12.4. The summed E-state index contributed by atoms with van der Waals surface area (Å²) in [6.07, 6.45) is -10.6. The van der Waals surface area contributed by atoms with Gasteiger partial charge in [-0.2, -0.15) is 26.3 Å². The third kappa shape index (κ3) is 3.81. The lowest BCUT2D eigenvalue weighted by Crippen LogP contribution is -2.26. The van der Waals surface area contributed by atoms with Crippen molar-refractivity contribution < 1.29 is 35.9 Å². The number of Topliss-reactive ketones (excluding diaryl/α,β-unsaturated/α-hetero) is 2. The highest BCUT2D eigenvalue weighted by molar-refractivity contribution is 7.99. The first-order chi connectivity index (χ1) is 11.5. The molecule has 0 N–H and O–H groups in total. The number of alkyl halides is 6. The summed E-state index contributed by atoms with van der Waals surface area (Å²) < 4.78 is 77.0. The Labute approximate surface area is 142 Å². The first kappa shape index (κ1) is 19.3. The largest absolute Gasteiger partial charge is 0.454 e. The first-order valence-corrected chi connectivity index (χ1v) is 7.88. The predicted molar refractivity (Wildman–Crippen MR) is 81.1 cm³/mol. The Kier molecular flexibility index (Phi) is 5.17. The molecule has 0 saturated carbocycles. The Morgan fingerprint density at radius 1 is 0.880 bits per heavy atom. The molecule has 0 aliphatic carbocycles. The molecule has 25 heavy (non-hydrogen) atoms. The lowest BCUT2D eigenvalue weighted by molar-refractivity contribution is -0.0888. The average molecular weight is 380 g/mol. The van der Waals surface area contributed by atoms with Crippen molar-refractivity contribution in [1.82, 2.24) is 0 Å². The SMILES string of the molecule is CCSc1c(C(=O)C(F)(F)F)cc(C(=O)C(F)(F)F)c2ccccc12. The molecular weight excluding hydrogens is 370 g/mol. The molecule has 2 aromatic rings. The van der Waals surface area contributed by atoms with Crippen molar-refractivity contribution in [2.75, 3.05) is 5.75 Å². The van der Waals surface area contributed by atoms with E-state index < -0.39 is 35.0 Å². The molecule has 0 saturated heterocycles. The van der Waals surface area contributed by atoms with Crippen LogP contribution in [-0.4, -0.2) is 29.7 Å². The Morgan fingerprint density at radius 3 is 1.84 bits per heavy atom. The molecule has 9 heteroatoms. The highest BCUT2D eigenvalue weighted by Gasteiger charge is 2.44. The van der Waals surface area contributed by atoms with E-state index in [0.717, 1.165) is 11.8 Å². The number of carbonyl (C=O) groups is 2. The lowest BCUT2D eigenvalue weighted by atomic mass is 9.95. The van der Waals surface area contributed by atoms with Crippen molar-refractivity contribution in [1.29, 1.82) is 0 Å². The van der Waals surface area contributed by atoms with Crippen LogP contribution in [0.2, 0.25) is 0 Å². The summed E-state index contributed by atoms with van der Waals surface area (Å²) >= 11 is 0.890. The predicted octanol–water partition coefficient (Wildman–Crippen LogP) is 5.44. The third-order valence-electron chi connectivity index (χ3n) is 3.29. The molecule has 0 radical (unpaired) electrons. The maximum atomic E-state index is 12.9. The van der Waals surface area contributed by atoms with E-state index in [1.54, 1.807) is 6.92 Å². The number of ketones is 2. The summed E-state index contributed by atoms with van der Waals surface area (Å²) in [4.78, 5) is 23.3. The summed E-state index contributed by atoms with van der Waals surface area (Å²) in [5.74, 6) is -4.30. The maximum Gasteiger partial charge on any atom is 0.454 e. The smallest absolute Gasteiger partial charge is 0.284 e. The molecule has 0 heterocycles. The number of halogens is 6. The van der Waals surface area contributed by atoms with Gasteiger partial charge in [-0.15, -0.1) is 11.8 Å². The minimum absolute atomic E-state index is 0.00273. The van der Waals surface area contributed by atoms with Crippen molar-refractivity contribution >= 4 is 34.1 Å². The summed E-state index contributed by atoms with van der Waals surface area (Å²) in [5, 5.41) is -0.156. The third-order valence-corrected chi connectivity index (χ3v) is 4.31. The van der Waals surface area contributed by atoms with Gasteiger partial charge < -0.3 is 0 Å². The number of hydrogen-bond acceptors (Lipinski definition) is 3. The number of thioether (sulfide) groups is 1. The molecule has 0 aliphatic heterocycles. The Hall–Kier alpha value is -2.03. The monoisotopic (exact) mass is 380 g/mol. The summed E-state index contributed by atoms with van der Waals surface area (Å²) in [7, 11) is 0. The number of rotatable bonds is 4. The molecule has 0 aromatic heterocycles. The van der Waals surface area contributed by atoms with Gasteiger partial charge in [0.25, 0.3) is 11.6 Å². The van der Waals surface area contributed by atoms with Gasteiger partial charge in [-0.05, 0) is 22.6 Å². The van der Waals surface area contributed by atoms with Crippen LogP contribution in [0.15, 0.2) is 35.2 Å². The van der Waals surface area contributed by atoms with Crippen LogP contribution in [0, 0.1) is 0 Å². The number of carbonyl (C=O) groups excluding carboxylic acids is 2. The van der Waals surface area contributed by atoms with Crippen LogP contribution in [0.3, 0.4) is 0 Å². The highest BCUT2D eigenvalue weighted by Crippen LogP contribution is 2.38. The van der Waals surface area contributed by atoms with Crippen LogP contribution < -0.4 is 0 Å². The minimum atomic E-state index is -5.28. The second-order valence-electron chi connectivity index (χ2n) is 4.93. The van der Waals surface area contributed by atoms with Gasteiger partial charge in [0, 0.05) is 16.0 Å². The van der Waals surface area contributed by atoms with Crippen LogP contribution in [-0.2, 0) is 0 Å². The fourth-order valence-electron chi connectivity index (χ4n) is 2.31. The zero-order chi connectivity index (χ0) is 19.0. The van der Waals surface area contributed by atoms with E-state index in [1.165, 1.54) is 24.3 Å². The molecule has 0 spiro atoms. The van der Waals surface area contributed by atoms with Crippen LogP contribution >= 0.6 is 11.8 Å². The van der Waals surface area contributed by atoms with Crippen molar-refractivity contribution in [2.24, 2.45) is 0 Å². The zero-order valence-electron chi connectivity index (χ0n) is 12.6. The van der Waals surface area contributed by atoms with Crippen molar-refractivity contribution in [2.45, 2.75) is 24.2 Å². The number of benzene rings is 2. The minimum Gasteiger partial charge on any atom is -0.284 e. The molecule has 0 fully saturated rings. The summed E-state index contributed by atoms with van der Waals surface area (Å²) in [5.41, 5.74) is -1.93. The van der Waals surface area contributed by atoms with Crippen LogP contribution in [0.1, 0.15) is 27.6 Å². The van der Waals surface area contributed by atoms with E-state index in [1.807, 2.05) is 0 Å². The second kappa shape index (κ2) is 6.70. The average Bonchev–Trinajstić information content (AvgIpc) is 2.52. The Bertz CT molecular complexity index is 839. The zero-order valence-corrected chi connectivity index (χ0v) is 13.4. The molecule has 0 bridgehead atoms. The number of fused-ring (bicyclic) bond motifs is 1. The van der Waals surface area contributed by atoms with E-state index in [9.17, 15) is 35.9 Å². The van der Waals surface area contributed by atoms with Crippen LogP contribution in [0.5, 0.6) is 0 Å². The van der Waals surface area contributed by atoms with E-state index in [4.69, 9.17) is 0 Å². The molecule has 0 atom stereocenters. The van der Waals surface area contributed by atoms with Gasteiger partial charge in [0.1, 0.15) is 0 Å². The van der Waals surface area contributed by atoms with Crippen LogP contribution in [0.4, 0.5) is 26.3 Å². The standard InChI is InChI=1S/C16H10F6O2S/c1-2-25-12-9-6-4-3-5-8(9)10(13(23)15(17,18)19)7-11(12)14(24)16(20,21)22/h3-7H,2H2,1H3. The lowest BCUT2D eigenvalue weighted by Gasteiger charge is -2.16. The highest BCUT2D eigenvalue weighted by atomic mass is 32.2. The molecule has 2 rings (SSSR count). The molecule has 2 aromatic carbocycles. The van der Waals surface area contributed by atoms with Crippen molar-refractivity contribution in [3.05, 3.63) is 41.5 Å². The van der Waals surface area contributed by atoms with Gasteiger partial charge in [0.2, 0.25) is 0 Å².